The van der Waals surface area contributed by atoms with Crippen molar-refractivity contribution in [1.29, 1.82) is 0 Å². The molecule has 0 bridgehead atoms. The maximum atomic E-state index is 14.6. The summed E-state index contributed by atoms with van der Waals surface area (Å²) in [5, 5.41) is 3.99. The van der Waals surface area contributed by atoms with Gasteiger partial charge in [-0.3, -0.25) is 14.8 Å². The van der Waals surface area contributed by atoms with E-state index in [9.17, 15) is 18.0 Å². The number of nitrogens with one attached hydrogen (secondary N) is 1. The van der Waals surface area contributed by atoms with Gasteiger partial charge in [-0.1, -0.05) is 24.3 Å². The lowest BCUT2D eigenvalue weighted by molar-refractivity contribution is -0.127. The average molecular weight is 426 g/mol. The molecule has 1 N–H and O–H groups in total. The van der Waals surface area contributed by atoms with E-state index in [1.165, 1.54) is 19.1 Å². The summed E-state index contributed by atoms with van der Waals surface area (Å²) in [7, 11) is 0. The van der Waals surface area contributed by atoms with Crippen LogP contribution in [-0.2, 0) is 4.79 Å². The fourth-order valence-electron chi connectivity index (χ4n) is 3.71. The predicted molar refractivity (Wildman–Crippen MR) is 113 cm³/mol. The van der Waals surface area contributed by atoms with Gasteiger partial charge < -0.3 is 10.2 Å². The zero-order chi connectivity index (χ0) is 22.1. The lowest BCUT2D eigenvalue weighted by Gasteiger charge is -2.19. The number of fused-ring (bicyclic) bond motifs is 1. The van der Waals surface area contributed by atoms with Crippen LogP contribution < -0.4 is 5.32 Å². The summed E-state index contributed by atoms with van der Waals surface area (Å²) in [5.41, 5.74) is 2.55. The minimum absolute atomic E-state index is 0.00191. The average Bonchev–Trinajstić information content (AvgIpc) is 3.24. The van der Waals surface area contributed by atoms with E-state index < -0.39 is 23.8 Å². The number of halogens is 3. The number of hydrogen-bond acceptors (Lipinski definition) is 4. The molecule has 0 saturated carbocycles. The van der Waals surface area contributed by atoms with E-state index >= 15 is 0 Å². The molecule has 1 atom stereocenters. The molecule has 1 aromatic carbocycles. The molecule has 160 valence electrons. The first-order valence-corrected chi connectivity index (χ1v) is 9.88. The van der Waals surface area contributed by atoms with Crippen molar-refractivity contribution in [1.82, 2.24) is 14.9 Å². The maximum absolute atomic E-state index is 14.6. The highest BCUT2D eigenvalue weighted by molar-refractivity contribution is 5.93. The standard InChI is InChI=1S/C23H21F3N4O/c1-13(16-4-3-5-17(22(16)24)23(25)26)29-19-6-8-27-21-11-28-20(10-18(19)21)15-7-9-30(12-15)14(2)31/h3-8,10-11,13,23H,9,12H2,1-2H3,(H,27,29)/t13-/m1/s1. The smallest absolute Gasteiger partial charge is 0.266 e. The third kappa shape index (κ3) is 4.10. The second kappa shape index (κ2) is 8.37. The van der Waals surface area contributed by atoms with Gasteiger partial charge in [-0.15, -0.1) is 0 Å². The van der Waals surface area contributed by atoms with Crippen molar-refractivity contribution >= 4 is 28.1 Å². The molecular formula is C23H21F3N4O. The van der Waals surface area contributed by atoms with E-state index in [1.807, 2.05) is 12.1 Å². The molecule has 2 aromatic heterocycles. The summed E-state index contributed by atoms with van der Waals surface area (Å²) in [6.45, 7) is 4.27. The van der Waals surface area contributed by atoms with Crippen molar-refractivity contribution in [2.45, 2.75) is 26.3 Å². The van der Waals surface area contributed by atoms with E-state index in [0.29, 0.717) is 24.3 Å². The normalized spacial score (nSPS) is 14.8. The first kappa shape index (κ1) is 20.8. The Morgan fingerprint density at radius 1 is 1.19 bits per heavy atom. The summed E-state index contributed by atoms with van der Waals surface area (Å²) in [5.74, 6) is -0.906. The van der Waals surface area contributed by atoms with E-state index in [4.69, 9.17) is 0 Å². The summed E-state index contributed by atoms with van der Waals surface area (Å²) >= 11 is 0. The first-order valence-electron chi connectivity index (χ1n) is 9.88. The first-order chi connectivity index (χ1) is 14.8. The van der Waals surface area contributed by atoms with Crippen LogP contribution in [-0.4, -0.2) is 33.9 Å². The molecule has 3 aromatic rings. The van der Waals surface area contributed by atoms with Crippen LogP contribution in [0, 0.1) is 5.82 Å². The summed E-state index contributed by atoms with van der Waals surface area (Å²) in [4.78, 5) is 22.1. The predicted octanol–water partition coefficient (Wildman–Crippen LogP) is 5.13. The summed E-state index contributed by atoms with van der Waals surface area (Å²) in [6.07, 6.45) is 2.34. The largest absolute Gasteiger partial charge is 0.378 e. The van der Waals surface area contributed by atoms with Crippen LogP contribution in [0.15, 0.2) is 48.8 Å². The Labute approximate surface area is 177 Å². The van der Waals surface area contributed by atoms with Crippen molar-refractivity contribution < 1.29 is 18.0 Å². The van der Waals surface area contributed by atoms with Crippen molar-refractivity contribution in [2.24, 2.45) is 0 Å². The molecule has 4 rings (SSSR count). The Balaban J connectivity index is 1.66. The molecule has 8 heteroatoms. The highest BCUT2D eigenvalue weighted by Gasteiger charge is 2.21. The van der Waals surface area contributed by atoms with Gasteiger partial charge in [0.05, 0.1) is 29.0 Å². The molecule has 0 radical (unpaired) electrons. The number of rotatable bonds is 5. The Kier molecular flexibility index (Phi) is 5.63. The van der Waals surface area contributed by atoms with Gasteiger partial charge in [0.15, 0.2) is 0 Å². The molecule has 0 fully saturated rings. The Hall–Kier alpha value is -3.42. The van der Waals surface area contributed by atoms with Crippen LogP contribution in [0.3, 0.4) is 0 Å². The molecule has 0 unspecified atom stereocenters. The van der Waals surface area contributed by atoms with E-state index in [1.54, 1.807) is 30.3 Å². The van der Waals surface area contributed by atoms with Crippen LogP contribution in [0.4, 0.5) is 18.9 Å². The fourth-order valence-corrected chi connectivity index (χ4v) is 3.71. The van der Waals surface area contributed by atoms with Gasteiger partial charge in [0, 0.05) is 42.8 Å². The van der Waals surface area contributed by atoms with Crippen molar-refractivity contribution in [3.63, 3.8) is 0 Å². The number of alkyl halides is 2. The molecule has 1 aliphatic rings. The van der Waals surface area contributed by atoms with Crippen LogP contribution in [0.1, 0.15) is 43.1 Å². The number of carbonyl (C=O) groups is 1. The van der Waals surface area contributed by atoms with Crippen LogP contribution >= 0.6 is 0 Å². The van der Waals surface area contributed by atoms with Gasteiger partial charge >= 0.3 is 0 Å². The molecule has 3 heterocycles. The lowest BCUT2D eigenvalue weighted by Crippen LogP contribution is -2.25. The zero-order valence-corrected chi connectivity index (χ0v) is 17.1. The van der Waals surface area contributed by atoms with Gasteiger partial charge in [-0.05, 0) is 24.6 Å². The minimum Gasteiger partial charge on any atom is -0.378 e. The van der Waals surface area contributed by atoms with Gasteiger partial charge in [-0.25, -0.2) is 13.2 Å². The number of pyridine rings is 2. The molecule has 0 saturated heterocycles. The molecule has 5 nitrogen and oxygen atoms in total. The van der Waals surface area contributed by atoms with Gasteiger partial charge in [0.2, 0.25) is 5.91 Å². The minimum atomic E-state index is -2.88. The molecule has 1 amide bonds. The van der Waals surface area contributed by atoms with Crippen molar-refractivity contribution in [3.8, 4) is 0 Å². The zero-order valence-electron chi connectivity index (χ0n) is 17.1. The molecule has 0 aliphatic carbocycles. The fraction of sp³-hybridized carbons (Fsp3) is 0.261. The van der Waals surface area contributed by atoms with Crippen LogP contribution in [0.5, 0.6) is 0 Å². The lowest BCUT2D eigenvalue weighted by atomic mass is 10.0. The molecular weight excluding hydrogens is 405 g/mol. The Bertz CT molecular complexity index is 1180. The summed E-state index contributed by atoms with van der Waals surface area (Å²) < 4.78 is 40.7. The second-order valence-electron chi connectivity index (χ2n) is 7.49. The number of carbonyl (C=O) groups excluding carboxylic acids is 1. The SMILES string of the molecule is CC(=O)N1CC=C(c2cc3c(N[C@H](C)c4cccc(C(F)F)c4F)ccnc3cn2)C1. The Morgan fingerprint density at radius 3 is 2.68 bits per heavy atom. The number of benzene rings is 1. The van der Waals surface area contributed by atoms with Crippen molar-refractivity contribution in [3.05, 3.63) is 71.4 Å². The molecule has 0 spiro atoms. The Morgan fingerprint density at radius 2 is 1.97 bits per heavy atom. The number of aromatic nitrogens is 2. The number of nitrogens with zero attached hydrogens (tertiary/aromatic N) is 3. The third-order valence-corrected chi connectivity index (χ3v) is 5.45. The van der Waals surface area contributed by atoms with Gasteiger partial charge in [0.1, 0.15) is 5.82 Å². The molecule has 1 aliphatic heterocycles. The maximum Gasteiger partial charge on any atom is 0.266 e. The highest BCUT2D eigenvalue weighted by atomic mass is 19.3. The molecule has 31 heavy (non-hydrogen) atoms. The van der Waals surface area contributed by atoms with E-state index in [-0.39, 0.29) is 11.5 Å². The van der Waals surface area contributed by atoms with E-state index in [2.05, 4.69) is 15.3 Å². The van der Waals surface area contributed by atoms with Gasteiger partial charge in [0.25, 0.3) is 6.43 Å². The van der Waals surface area contributed by atoms with Crippen LogP contribution in [0.25, 0.3) is 16.5 Å². The van der Waals surface area contributed by atoms with Crippen LogP contribution in [0.2, 0.25) is 0 Å². The number of anilines is 1. The van der Waals surface area contributed by atoms with E-state index in [0.717, 1.165) is 22.7 Å². The van der Waals surface area contributed by atoms with Crippen molar-refractivity contribution in [2.75, 3.05) is 18.4 Å². The van der Waals surface area contributed by atoms with Gasteiger partial charge in [-0.2, -0.15) is 0 Å². The third-order valence-electron chi connectivity index (χ3n) is 5.45. The number of hydrogen-bond donors (Lipinski definition) is 1. The quantitative estimate of drug-likeness (QED) is 0.615. The topological polar surface area (TPSA) is 58.1 Å². The number of amides is 1. The highest BCUT2D eigenvalue weighted by Crippen LogP contribution is 2.31. The monoisotopic (exact) mass is 426 g/mol. The second-order valence-corrected chi connectivity index (χ2v) is 7.49. The summed E-state index contributed by atoms with van der Waals surface area (Å²) in [6, 6.07) is 7.09.